The monoisotopic (exact) mass is 189 g/mol. The topological polar surface area (TPSA) is 26.0 Å². The van der Waals surface area contributed by atoms with Gasteiger partial charge in [-0.1, -0.05) is 53.9 Å². The lowest BCUT2D eigenvalue weighted by Gasteiger charge is -2.16. The van der Waals surface area contributed by atoms with Gasteiger partial charge in [0, 0.05) is 5.54 Å². The smallest absolute Gasteiger partial charge is 0.00970 e. The maximum absolute atomic E-state index is 5.72. The molecule has 0 spiro atoms. The molecule has 0 rings (SSSR count). The van der Waals surface area contributed by atoms with Crippen LogP contribution in [0.4, 0.5) is 0 Å². The first-order chi connectivity index (χ1) is 5.97. The van der Waals surface area contributed by atoms with Crippen LogP contribution in [0.2, 0.25) is 0 Å². The largest absolute Gasteiger partial charge is 0.326 e. The van der Waals surface area contributed by atoms with Crippen LogP contribution in [-0.4, -0.2) is 5.54 Å². The molecule has 0 saturated heterocycles. The van der Waals surface area contributed by atoms with Crippen molar-refractivity contribution in [1.29, 1.82) is 0 Å². The second-order valence-corrected chi connectivity index (χ2v) is 3.80. The zero-order valence-electron chi connectivity index (χ0n) is 10.9. The van der Waals surface area contributed by atoms with Gasteiger partial charge in [0.1, 0.15) is 0 Å². The number of hydrogen-bond acceptors (Lipinski definition) is 1. The lowest BCUT2D eigenvalue weighted by molar-refractivity contribution is 0.456. The summed E-state index contributed by atoms with van der Waals surface area (Å²) >= 11 is 0. The van der Waals surface area contributed by atoms with Gasteiger partial charge in [-0.05, 0) is 20.3 Å². The minimum absolute atomic E-state index is 0.0516. The molecule has 0 aliphatic heterocycles. The van der Waals surface area contributed by atoms with Crippen molar-refractivity contribution in [2.45, 2.75) is 79.7 Å². The van der Waals surface area contributed by atoms with E-state index in [-0.39, 0.29) is 5.54 Å². The molecule has 0 saturated carbocycles. The summed E-state index contributed by atoms with van der Waals surface area (Å²) in [4.78, 5) is 0. The van der Waals surface area contributed by atoms with Gasteiger partial charge in [-0.15, -0.1) is 0 Å². The van der Waals surface area contributed by atoms with E-state index in [1.54, 1.807) is 0 Å². The lowest BCUT2D eigenvalue weighted by Crippen LogP contribution is -2.31. The Hall–Kier alpha value is -0.0400. The summed E-state index contributed by atoms with van der Waals surface area (Å²) in [5.74, 6) is 0. The Morgan fingerprint density at radius 3 is 1.38 bits per heavy atom. The molecule has 13 heavy (non-hydrogen) atoms. The van der Waals surface area contributed by atoms with Crippen molar-refractivity contribution in [3.63, 3.8) is 0 Å². The summed E-state index contributed by atoms with van der Waals surface area (Å²) in [6, 6.07) is 0. The van der Waals surface area contributed by atoms with Crippen LogP contribution in [0.15, 0.2) is 0 Å². The van der Waals surface area contributed by atoms with Gasteiger partial charge in [-0.3, -0.25) is 0 Å². The van der Waals surface area contributed by atoms with Crippen molar-refractivity contribution >= 4 is 0 Å². The van der Waals surface area contributed by atoms with E-state index in [0.29, 0.717) is 0 Å². The summed E-state index contributed by atoms with van der Waals surface area (Å²) in [5, 5.41) is 0. The number of rotatable bonds is 3. The highest BCUT2D eigenvalue weighted by atomic mass is 14.7. The van der Waals surface area contributed by atoms with E-state index >= 15 is 0 Å². The number of hydrogen-bond donors (Lipinski definition) is 1. The molecule has 0 aromatic rings. The third-order valence-corrected chi connectivity index (χ3v) is 1.17. The van der Waals surface area contributed by atoms with Crippen LogP contribution < -0.4 is 5.73 Å². The molecule has 1 heteroatoms. The van der Waals surface area contributed by atoms with Crippen LogP contribution >= 0.6 is 0 Å². The summed E-state index contributed by atoms with van der Waals surface area (Å²) in [6.45, 7) is 14.6. The molecule has 84 valence electrons. The van der Waals surface area contributed by atoms with Gasteiger partial charge in [0.15, 0.2) is 0 Å². The molecule has 2 N–H and O–H groups in total. The molecule has 0 heterocycles. The van der Waals surface area contributed by atoms with E-state index in [1.165, 1.54) is 19.3 Å². The molecule has 0 fully saturated rings. The molecule has 0 atom stereocenters. The SMILES string of the molecule is CC.CCC.CCCCC(C)(C)N. The first-order valence-electron chi connectivity index (χ1n) is 5.76. The Kier molecular flexibility index (Phi) is 20.8. The fourth-order valence-electron chi connectivity index (χ4n) is 0.632. The highest BCUT2D eigenvalue weighted by molar-refractivity contribution is 4.70. The second-order valence-electron chi connectivity index (χ2n) is 3.80. The Bertz CT molecular complexity index is 62.0. The van der Waals surface area contributed by atoms with Crippen LogP contribution in [0.25, 0.3) is 0 Å². The number of unbranched alkanes of at least 4 members (excludes halogenated alkanes) is 1. The predicted molar refractivity (Wildman–Crippen MR) is 65.1 cm³/mol. The third-order valence-electron chi connectivity index (χ3n) is 1.17. The molecule has 0 aliphatic carbocycles. The van der Waals surface area contributed by atoms with Crippen molar-refractivity contribution in [2.24, 2.45) is 5.73 Å². The molecule has 0 aliphatic rings. The molecular formula is C12H31N. The normalized spacial score (nSPS) is 9.23. The zero-order valence-corrected chi connectivity index (χ0v) is 10.9. The van der Waals surface area contributed by atoms with E-state index < -0.39 is 0 Å². The van der Waals surface area contributed by atoms with Gasteiger partial charge < -0.3 is 5.73 Å². The standard InChI is InChI=1S/C7H17N.C3H8.C2H6/c1-4-5-6-7(2,3)8;1-3-2;1-2/h4-6,8H2,1-3H3;3H2,1-2H3;1-2H3. The maximum Gasteiger partial charge on any atom is 0.00970 e. The van der Waals surface area contributed by atoms with E-state index in [9.17, 15) is 0 Å². The Balaban J connectivity index is -0.000000169. The van der Waals surface area contributed by atoms with Crippen LogP contribution in [0, 0.1) is 0 Å². The Labute approximate surface area is 86.1 Å². The van der Waals surface area contributed by atoms with Gasteiger partial charge in [-0.25, -0.2) is 0 Å². The second kappa shape index (κ2) is 14.5. The summed E-state index contributed by atoms with van der Waals surface area (Å²) in [6.07, 6.45) is 4.90. The molecule has 0 radical (unpaired) electrons. The van der Waals surface area contributed by atoms with E-state index in [0.717, 1.165) is 6.42 Å². The first-order valence-corrected chi connectivity index (χ1v) is 5.76. The lowest BCUT2D eigenvalue weighted by atomic mass is 9.99. The van der Waals surface area contributed by atoms with E-state index in [4.69, 9.17) is 5.73 Å². The Morgan fingerprint density at radius 1 is 1.00 bits per heavy atom. The van der Waals surface area contributed by atoms with Crippen LogP contribution in [0.1, 0.15) is 74.1 Å². The summed E-state index contributed by atoms with van der Waals surface area (Å²) < 4.78 is 0. The fourth-order valence-corrected chi connectivity index (χ4v) is 0.632. The van der Waals surface area contributed by atoms with E-state index in [2.05, 4.69) is 34.6 Å². The molecule has 0 aromatic heterocycles. The molecular weight excluding hydrogens is 158 g/mol. The quantitative estimate of drug-likeness (QED) is 0.701. The highest BCUT2D eigenvalue weighted by Crippen LogP contribution is 2.07. The van der Waals surface area contributed by atoms with Crippen molar-refractivity contribution in [3.05, 3.63) is 0 Å². The zero-order chi connectivity index (χ0) is 11.3. The minimum atomic E-state index is 0.0516. The summed E-state index contributed by atoms with van der Waals surface area (Å²) in [5.41, 5.74) is 5.77. The van der Waals surface area contributed by atoms with Gasteiger partial charge in [0.2, 0.25) is 0 Å². The van der Waals surface area contributed by atoms with Gasteiger partial charge in [-0.2, -0.15) is 0 Å². The first kappa shape index (κ1) is 18.7. The van der Waals surface area contributed by atoms with Crippen molar-refractivity contribution < 1.29 is 0 Å². The van der Waals surface area contributed by atoms with Gasteiger partial charge >= 0.3 is 0 Å². The van der Waals surface area contributed by atoms with Crippen molar-refractivity contribution in [1.82, 2.24) is 0 Å². The molecule has 0 bridgehead atoms. The Morgan fingerprint density at radius 2 is 1.31 bits per heavy atom. The van der Waals surface area contributed by atoms with Gasteiger partial charge in [0.05, 0.1) is 0 Å². The maximum atomic E-state index is 5.72. The van der Waals surface area contributed by atoms with Crippen LogP contribution in [0.5, 0.6) is 0 Å². The molecule has 0 aromatic carbocycles. The number of nitrogens with two attached hydrogens (primary N) is 1. The third kappa shape index (κ3) is 48.2. The molecule has 0 amide bonds. The van der Waals surface area contributed by atoms with Gasteiger partial charge in [0.25, 0.3) is 0 Å². The molecule has 0 unspecified atom stereocenters. The fraction of sp³-hybridized carbons (Fsp3) is 1.00. The van der Waals surface area contributed by atoms with Crippen LogP contribution in [0.3, 0.4) is 0 Å². The average molecular weight is 189 g/mol. The van der Waals surface area contributed by atoms with Crippen molar-refractivity contribution in [3.8, 4) is 0 Å². The van der Waals surface area contributed by atoms with E-state index in [1.807, 2.05) is 13.8 Å². The molecule has 1 nitrogen and oxygen atoms in total. The van der Waals surface area contributed by atoms with Crippen LogP contribution in [-0.2, 0) is 0 Å². The highest BCUT2D eigenvalue weighted by Gasteiger charge is 2.07. The summed E-state index contributed by atoms with van der Waals surface area (Å²) in [7, 11) is 0. The predicted octanol–water partition coefficient (Wildman–Crippen LogP) is 4.36. The average Bonchev–Trinajstić information content (AvgIpc) is 2.05. The van der Waals surface area contributed by atoms with Crippen molar-refractivity contribution in [2.75, 3.05) is 0 Å². The minimum Gasteiger partial charge on any atom is -0.326 e.